The first-order chi connectivity index (χ1) is 7.95. The highest BCUT2D eigenvalue weighted by Crippen LogP contribution is 1.97. The van der Waals surface area contributed by atoms with Crippen molar-refractivity contribution in [3.05, 3.63) is 33.7 Å². The van der Waals surface area contributed by atoms with E-state index in [-0.39, 0.29) is 12.0 Å². The Bertz CT molecular complexity index is 492. The summed E-state index contributed by atoms with van der Waals surface area (Å²) >= 11 is 0. The second-order valence-electron chi connectivity index (χ2n) is 3.66. The molecular weight excluding hydrogens is 224 g/mol. The molecule has 0 aliphatic carbocycles. The highest BCUT2D eigenvalue weighted by Gasteiger charge is 2.19. The van der Waals surface area contributed by atoms with Crippen molar-refractivity contribution in [2.75, 3.05) is 0 Å². The van der Waals surface area contributed by atoms with Gasteiger partial charge in [0.1, 0.15) is 11.6 Å². The molecule has 1 rings (SSSR count). The molecule has 0 bridgehead atoms. The maximum atomic E-state index is 11.7. The molecule has 1 amide bonds. The van der Waals surface area contributed by atoms with E-state index in [0.717, 1.165) is 0 Å². The third kappa shape index (κ3) is 3.17. The van der Waals surface area contributed by atoms with Crippen LogP contribution in [0.4, 0.5) is 0 Å². The van der Waals surface area contributed by atoms with Gasteiger partial charge in [0, 0.05) is 5.69 Å². The summed E-state index contributed by atoms with van der Waals surface area (Å²) in [7, 11) is 0. The average molecular weight is 238 g/mol. The number of amides is 1. The quantitative estimate of drug-likeness (QED) is 0.701. The number of aromatic amines is 1. The summed E-state index contributed by atoms with van der Waals surface area (Å²) in [5, 5.41) is 11.1. The summed E-state index contributed by atoms with van der Waals surface area (Å²) < 4.78 is 0. The Morgan fingerprint density at radius 3 is 2.59 bits per heavy atom. The Hall–Kier alpha value is -2.11. The normalized spacial score (nSPS) is 11.9. The lowest BCUT2D eigenvalue weighted by Crippen LogP contribution is -2.42. The van der Waals surface area contributed by atoms with Crippen LogP contribution in [0.1, 0.15) is 29.4 Å². The molecule has 0 aliphatic rings. The van der Waals surface area contributed by atoms with Crippen molar-refractivity contribution in [1.29, 1.82) is 0 Å². The van der Waals surface area contributed by atoms with Crippen molar-refractivity contribution < 1.29 is 14.7 Å². The third-order valence-electron chi connectivity index (χ3n) is 2.31. The molecule has 1 heterocycles. The summed E-state index contributed by atoms with van der Waals surface area (Å²) in [5.74, 6) is -1.80. The number of aryl methyl sites for hydroxylation is 1. The number of nitrogens with one attached hydrogen (secondary N) is 2. The third-order valence-corrected chi connectivity index (χ3v) is 2.31. The summed E-state index contributed by atoms with van der Waals surface area (Å²) in [6, 6.07) is 1.97. The number of H-pyrrole nitrogens is 1. The number of carbonyl (C=O) groups excluding carboxylic acids is 1. The van der Waals surface area contributed by atoms with Crippen molar-refractivity contribution in [1.82, 2.24) is 10.3 Å². The molecule has 1 aromatic heterocycles. The van der Waals surface area contributed by atoms with Crippen LogP contribution in [0.5, 0.6) is 0 Å². The second-order valence-corrected chi connectivity index (χ2v) is 3.66. The van der Waals surface area contributed by atoms with Gasteiger partial charge in [-0.25, -0.2) is 4.79 Å². The first-order valence-electron chi connectivity index (χ1n) is 5.19. The van der Waals surface area contributed by atoms with E-state index in [4.69, 9.17) is 5.11 Å². The Kier molecular flexibility index (Phi) is 4.03. The van der Waals surface area contributed by atoms with Gasteiger partial charge in [0.05, 0.1) is 0 Å². The molecule has 0 unspecified atom stereocenters. The van der Waals surface area contributed by atoms with Crippen LogP contribution in [-0.4, -0.2) is 28.0 Å². The van der Waals surface area contributed by atoms with Crippen LogP contribution in [0.2, 0.25) is 0 Å². The summed E-state index contributed by atoms with van der Waals surface area (Å²) in [6.07, 6.45) is 0.255. The van der Waals surface area contributed by atoms with Gasteiger partial charge < -0.3 is 15.4 Å². The highest BCUT2D eigenvalue weighted by molar-refractivity contribution is 5.96. The van der Waals surface area contributed by atoms with Crippen LogP contribution in [0.15, 0.2) is 16.9 Å². The number of carboxylic acid groups (broad SMARTS) is 1. The second kappa shape index (κ2) is 5.29. The molecule has 1 atom stereocenters. The molecule has 3 N–H and O–H groups in total. The van der Waals surface area contributed by atoms with Gasteiger partial charge in [-0.1, -0.05) is 6.92 Å². The minimum Gasteiger partial charge on any atom is -0.480 e. The standard InChI is InChI=1S/C11H14N2O4/c1-3-8(11(16)17)13-10(15)7-5-4-6(2)12-9(7)14/h4-5,8H,3H2,1-2H3,(H,12,14)(H,13,15)(H,16,17)/t8-/m1/s1. The van der Waals surface area contributed by atoms with Crippen LogP contribution in [0.3, 0.4) is 0 Å². The lowest BCUT2D eigenvalue weighted by Gasteiger charge is -2.11. The fourth-order valence-corrected chi connectivity index (χ4v) is 1.33. The smallest absolute Gasteiger partial charge is 0.326 e. The van der Waals surface area contributed by atoms with Gasteiger partial charge in [0.25, 0.3) is 11.5 Å². The lowest BCUT2D eigenvalue weighted by molar-refractivity contribution is -0.139. The molecule has 0 saturated carbocycles. The number of hydrogen-bond acceptors (Lipinski definition) is 3. The molecule has 6 nitrogen and oxygen atoms in total. The minimum absolute atomic E-state index is 0.0877. The average Bonchev–Trinajstić information content (AvgIpc) is 2.24. The Morgan fingerprint density at radius 2 is 2.12 bits per heavy atom. The lowest BCUT2D eigenvalue weighted by atomic mass is 10.2. The zero-order valence-electron chi connectivity index (χ0n) is 9.61. The maximum absolute atomic E-state index is 11.7. The molecule has 0 radical (unpaired) electrons. The molecule has 0 spiro atoms. The molecule has 6 heteroatoms. The van der Waals surface area contributed by atoms with E-state index in [1.54, 1.807) is 19.9 Å². The van der Waals surface area contributed by atoms with Gasteiger partial charge in [-0.2, -0.15) is 0 Å². The zero-order chi connectivity index (χ0) is 13.0. The number of aliphatic carboxylic acids is 1. The molecule has 92 valence electrons. The van der Waals surface area contributed by atoms with E-state index in [2.05, 4.69) is 10.3 Å². The number of pyridine rings is 1. The molecule has 0 aliphatic heterocycles. The van der Waals surface area contributed by atoms with Crippen LogP contribution in [0.25, 0.3) is 0 Å². The number of hydrogen-bond donors (Lipinski definition) is 3. The zero-order valence-corrected chi connectivity index (χ0v) is 9.61. The number of carboxylic acids is 1. The monoisotopic (exact) mass is 238 g/mol. The first kappa shape index (κ1) is 13.0. The van der Waals surface area contributed by atoms with Crippen molar-refractivity contribution in [2.24, 2.45) is 0 Å². The van der Waals surface area contributed by atoms with E-state index in [0.29, 0.717) is 5.69 Å². The fourth-order valence-electron chi connectivity index (χ4n) is 1.33. The van der Waals surface area contributed by atoms with E-state index in [1.807, 2.05) is 0 Å². The molecule has 1 aromatic rings. The van der Waals surface area contributed by atoms with Gasteiger partial charge in [0.2, 0.25) is 0 Å². The number of aromatic nitrogens is 1. The molecule has 0 fully saturated rings. The van der Waals surface area contributed by atoms with Gasteiger partial charge in [-0.05, 0) is 25.5 Å². The number of carbonyl (C=O) groups is 2. The minimum atomic E-state index is -1.12. The molecule has 0 saturated heterocycles. The molecule has 0 aromatic carbocycles. The maximum Gasteiger partial charge on any atom is 0.326 e. The SMILES string of the molecule is CC[C@@H](NC(=O)c1ccc(C)[nH]c1=O)C(=O)O. The van der Waals surface area contributed by atoms with Crippen molar-refractivity contribution in [2.45, 2.75) is 26.3 Å². The van der Waals surface area contributed by atoms with Crippen LogP contribution < -0.4 is 10.9 Å². The van der Waals surface area contributed by atoms with E-state index in [1.165, 1.54) is 6.07 Å². The van der Waals surface area contributed by atoms with Gasteiger partial charge in [0.15, 0.2) is 0 Å². The van der Waals surface area contributed by atoms with Crippen LogP contribution in [-0.2, 0) is 4.79 Å². The van der Waals surface area contributed by atoms with Crippen molar-refractivity contribution >= 4 is 11.9 Å². The summed E-state index contributed by atoms with van der Waals surface area (Å²) in [5.41, 5.74) is 0.0230. The van der Waals surface area contributed by atoms with Crippen LogP contribution in [0, 0.1) is 6.92 Å². The van der Waals surface area contributed by atoms with E-state index < -0.39 is 23.5 Å². The Morgan fingerprint density at radius 1 is 1.47 bits per heavy atom. The van der Waals surface area contributed by atoms with Gasteiger partial charge in [-0.3, -0.25) is 9.59 Å². The van der Waals surface area contributed by atoms with Crippen LogP contribution >= 0.6 is 0 Å². The predicted octanol–water partition coefficient (Wildman–Crippen LogP) is 0.276. The first-order valence-corrected chi connectivity index (χ1v) is 5.19. The Labute approximate surface area is 97.7 Å². The van der Waals surface area contributed by atoms with E-state index >= 15 is 0 Å². The van der Waals surface area contributed by atoms with Crippen molar-refractivity contribution in [3.63, 3.8) is 0 Å². The van der Waals surface area contributed by atoms with Crippen molar-refractivity contribution in [3.8, 4) is 0 Å². The number of rotatable bonds is 4. The van der Waals surface area contributed by atoms with E-state index in [9.17, 15) is 14.4 Å². The van der Waals surface area contributed by atoms with Gasteiger partial charge >= 0.3 is 5.97 Å². The highest BCUT2D eigenvalue weighted by atomic mass is 16.4. The molecule has 17 heavy (non-hydrogen) atoms. The summed E-state index contributed by atoms with van der Waals surface area (Å²) in [4.78, 5) is 36.3. The predicted molar refractivity (Wildman–Crippen MR) is 61.0 cm³/mol. The molecular formula is C11H14N2O4. The summed E-state index contributed by atoms with van der Waals surface area (Å²) in [6.45, 7) is 3.33. The Balaban J connectivity index is 2.90. The largest absolute Gasteiger partial charge is 0.480 e. The topological polar surface area (TPSA) is 99.3 Å². The fraction of sp³-hybridized carbons (Fsp3) is 0.364. The van der Waals surface area contributed by atoms with Gasteiger partial charge in [-0.15, -0.1) is 0 Å².